The summed E-state index contributed by atoms with van der Waals surface area (Å²) in [5.41, 5.74) is 2.51. The van der Waals surface area contributed by atoms with Crippen LogP contribution in [0.3, 0.4) is 0 Å². The van der Waals surface area contributed by atoms with Gasteiger partial charge in [-0.3, -0.25) is 0 Å². The van der Waals surface area contributed by atoms with Crippen LogP contribution in [0, 0.1) is 10.2 Å². The van der Waals surface area contributed by atoms with Gasteiger partial charge in [-0.2, -0.15) is 0 Å². The van der Waals surface area contributed by atoms with Crippen molar-refractivity contribution >= 4 is 0 Å². The Bertz CT molecular complexity index is 356. The van der Waals surface area contributed by atoms with E-state index in [1.807, 2.05) is 30.6 Å². The number of fused-ring (bicyclic) bond motifs is 1. The minimum Gasteiger partial charge on any atom is -0.222 e. The summed E-state index contributed by atoms with van der Waals surface area (Å²) in [7, 11) is -4.94. The van der Waals surface area contributed by atoms with Gasteiger partial charge < -0.3 is 0 Å². The third-order valence-corrected chi connectivity index (χ3v) is 1.58. The molecule has 0 fully saturated rings. The second-order valence-corrected chi connectivity index (χ2v) is 3.41. The van der Waals surface area contributed by atoms with Crippen molar-refractivity contribution in [3.63, 3.8) is 0 Å². The Balaban J connectivity index is 0.000000195. The quantitative estimate of drug-likeness (QED) is 0.475. The lowest BCUT2D eigenvalue weighted by Crippen LogP contribution is -2.68. The molecule has 15 heavy (non-hydrogen) atoms. The molecule has 0 atom stereocenters. The van der Waals surface area contributed by atoms with Crippen molar-refractivity contribution in [1.82, 2.24) is 0 Å². The molecule has 1 aliphatic carbocycles. The van der Waals surface area contributed by atoms with E-state index < -0.39 is 10.2 Å². The summed E-state index contributed by atoms with van der Waals surface area (Å²) in [5.74, 6) is 0. The Labute approximate surface area is 88.3 Å². The number of hydrogen-bond donors (Lipinski definition) is 0. The van der Waals surface area contributed by atoms with Crippen molar-refractivity contribution in [1.29, 1.82) is 0 Å². The molecule has 0 saturated heterocycles. The average molecular weight is 230 g/mol. The summed E-state index contributed by atoms with van der Waals surface area (Å²) < 4.78 is 34.0. The zero-order chi connectivity index (χ0) is 11.3. The Morgan fingerprint density at radius 2 is 1.20 bits per heavy atom. The number of halogens is 1. The molecule has 6 heteroatoms. The Morgan fingerprint density at radius 3 is 1.60 bits per heavy atom. The van der Waals surface area contributed by atoms with Crippen LogP contribution < -0.4 is 23.6 Å². The normalized spacial score (nSPS) is 10.7. The minimum absolute atomic E-state index is 1.25. The number of aromatic nitrogens is 1. The average Bonchev–Trinajstić information content (AvgIpc) is 2.40. The van der Waals surface area contributed by atoms with E-state index in [4.69, 9.17) is 18.6 Å². The van der Waals surface area contributed by atoms with E-state index in [9.17, 15) is 0 Å². The maximum atomic E-state index is 8.49. The van der Waals surface area contributed by atoms with Gasteiger partial charge in [-0.25, -0.2) is 23.6 Å². The summed E-state index contributed by atoms with van der Waals surface area (Å²) >= 11 is 0. The topological polar surface area (TPSA) is 106 Å². The number of hydrogen-bond acceptors (Lipinski definition) is 4. The van der Waals surface area contributed by atoms with Gasteiger partial charge in [0, 0.05) is 0 Å². The van der Waals surface area contributed by atoms with Crippen LogP contribution >= 0.6 is 0 Å². The van der Waals surface area contributed by atoms with E-state index in [1.54, 1.807) is 0 Å². The van der Waals surface area contributed by atoms with E-state index in [1.165, 1.54) is 11.1 Å². The van der Waals surface area contributed by atoms with Gasteiger partial charge in [-0.1, -0.05) is 18.2 Å². The molecule has 0 spiro atoms. The summed E-state index contributed by atoms with van der Waals surface area (Å²) in [6, 6.07) is 10.3. The molecule has 0 aromatic rings. The Hall–Kier alpha value is -1.24. The van der Waals surface area contributed by atoms with Crippen molar-refractivity contribution in [2.75, 3.05) is 0 Å². The molecule has 2 rings (SSSR count). The number of aromatic amines is 1. The van der Waals surface area contributed by atoms with Gasteiger partial charge >= 0.3 is 0 Å². The maximum Gasteiger partial charge on any atom is 0.175 e. The third kappa shape index (κ3) is 5.26. The van der Waals surface area contributed by atoms with Crippen molar-refractivity contribution in [3.05, 3.63) is 42.7 Å². The van der Waals surface area contributed by atoms with Gasteiger partial charge in [0.25, 0.3) is 0 Å². The Kier molecular flexibility index (Phi) is 3.96. The fourth-order valence-corrected chi connectivity index (χ4v) is 1.06. The molecule has 0 amide bonds. The molecule has 0 aromatic heterocycles. The smallest absolute Gasteiger partial charge is 0.175 e. The monoisotopic (exact) mass is 229 g/mol. The highest BCUT2D eigenvalue weighted by atomic mass is 35.7. The van der Waals surface area contributed by atoms with E-state index in [-0.39, 0.29) is 0 Å². The van der Waals surface area contributed by atoms with Crippen molar-refractivity contribution in [2.45, 2.75) is 0 Å². The summed E-state index contributed by atoms with van der Waals surface area (Å²) in [5, 5.41) is 0. The predicted octanol–water partition coefficient (Wildman–Crippen LogP) is -3.15. The summed E-state index contributed by atoms with van der Waals surface area (Å²) in [6.07, 6.45) is 3.99. The first kappa shape index (κ1) is 11.8. The highest BCUT2D eigenvalue weighted by Crippen LogP contribution is 2.15. The van der Waals surface area contributed by atoms with Gasteiger partial charge in [0.15, 0.2) is 12.4 Å². The van der Waals surface area contributed by atoms with Crippen molar-refractivity contribution < 1.29 is 33.9 Å². The minimum atomic E-state index is -4.94. The molecule has 0 bridgehead atoms. The van der Waals surface area contributed by atoms with Crippen LogP contribution in [0.25, 0.3) is 11.1 Å². The lowest BCUT2D eigenvalue weighted by molar-refractivity contribution is -2.00. The highest BCUT2D eigenvalue weighted by Gasteiger charge is 2.01. The van der Waals surface area contributed by atoms with Gasteiger partial charge in [-0.05, 0) is 12.1 Å². The van der Waals surface area contributed by atoms with Crippen molar-refractivity contribution in [2.24, 2.45) is 0 Å². The SMILES string of the molecule is [O-][Cl+3]([O-])([O-])[O-].c1ccc2c[nH+]cc-2cc1. The first-order valence-corrected chi connectivity index (χ1v) is 5.17. The van der Waals surface area contributed by atoms with Crippen LogP contribution in [0.15, 0.2) is 42.7 Å². The third-order valence-electron chi connectivity index (χ3n) is 1.58. The zero-order valence-corrected chi connectivity index (χ0v) is 8.31. The fraction of sp³-hybridized carbons (Fsp3) is 0. The number of rotatable bonds is 0. The molecule has 5 nitrogen and oxygen atoms in total. The fourth-order valence-electron chi connectivity index (χ4n) is 1.06. The number of H-pyrrole nitrogens is 1. The summed E-state index contributed by atoms with van der Waals surface area (Å²) in [6.45, 7) is 0. The predicted molar refractivity (Wildman–Crippen MR) is 39.6 cm³/mol. The lowest BCUT2D eigenvalue weighted by atomic mass is 10.2. The zero-order valence-electron chi connectivity index (χ0n) is 7.55. The van der Waals surface area contributed by atoms with Crippen LogP contribution in [0.1, 0.15) is 0 Å². The second kappa shape index (κ2) is 5.01. The number of nitrogens with one attached hydrogen (secondary N) is 1. The summed E-state index contributed by atoms with van der Waals surface area (Å²) in [4.78, 5) is 3.05. The molecule has 80 valence electrons. The second-order valence-electron chi connectivity index (χ2n) is 2.65. The molecule has 2 aliphatic rings. The molecule has 1 N–H and O–H groups in total. The van der Waals surface area contributed by atoms with E-state index in [0.29, 0.717) is 0 Å². The standard InChI is InChI=1S/C9H7N.ClHO4/c1-2-4-8-6-10-7-9(8)5-3-1;2-1(3,4)5/h1-7H;(H,2,3,4,5). The maximum absolute atomic E-state index is 8.49. The van der Waals surface area contributed by atoms with Crippen LogP contribution in [-0.4, -0.2) is 0 Å². The van der Waals surface area contributed by atoms with E-state index in [0.717, 1.165) is 0 Å². The van der Waals surface area contributed by atoms with Crippen LogP contribution in [0.2, 0.25) is 0 Å². The molecule has 0 radical (unpaired) electrons. The van der Waals surface area contributed by atoms with Crippen LogP contribution in [-0.2, 0) is 0 Å². The molecule has 1 heterocycles. The van der Waals surface area contributed by atoms with E-state index in [2.05, 4.69) is 17.1 Å². The van der Waals surface area contributed by atoms with Gasteiger partial charge in [-0.15, -0.1) is 10.2 Å². The molecule has 0 unspecified atom stereocenters. The van der Waals surface area contributed by atoms with Gasteiger partial charge in [0.05, 0.1) is 11.1 Å². The Morgan fingerprint density at radius 1 is 0.800 bits per heavy atom. The first-order valence-electron chi connectivity index (χ1n) is 3.93. The van der Waals surface area contributed by atoms with Gasteiger partial charge in [0.1, 0.15) is 0 Å². The van der Waals surface area contributed by atoms with Crippen LogP contribution in [0.4, 0.5) is 0 Å². The largest absolute Gasteiger partial charge is 0.222 e. The molecule has 0 saturated carbocycles. The highest BCUT2D eigenvalue weighted by molar-refractivity contribution is 5.60. The molecular formula is C9H8ClNO4. The molecule has 0 aromatic carbocycles. The van der Waals surface area contributed by atoms with Crippen LogP contribution in [0.5, 0.6) is 0 Å². The lowest BCUT2D eigenvalue weighted by Gasteiger charge is -2.17. The first-order chi connectivity index (χ1) is 6.97. The van der Waals surface area contributed by atoms with E-state index >= 15 is 0 Å². The molecule has 1 aliphatic heterocycles. The van der Waals surface area contributed by atoms with Crippen molar-refractivity contribution in [3.8, 4) is 11.1 Å². The molecular weight excluding hydrogens is 222 g/mol. The van der Waals surface area contributed by atoms with Gasteiger partial charge in [0.2, 0.25) is 0 Å².